The molecule has 0 atom stereocenters. The van der Waals surface area contributed by atoms with Gasteiger partial charge in [0, 0.05) is 29.0 Å². The summed E-state index contributed by atoms with van der Waals surface area (Å²) in [5.74, 6) is 0.129. The molecule has 0 N–H and O–H groups in total. The number of aromatic nitrogens is 3. The van der Waals surface area contributed by atoms with E-state index in [4.69, 9.17) is 0 Å². The molecule has 0 aliphatic carbocycles. The van der Waals surface area contributed by atoms with E-state index >= 15 is 0 Å². The van der Waals surface area contributed by atoms with Crippen LogP contribution in [0.3, 0.4) is 0 Å². The van der Waals surface area contributed by atoms with Crippen LogP contribution in [-0.4, -0.2) is 25.3 Å². The number of carbonyl (C=O) groups is 1. The fraction of sp³-hybridized carbons (Fsp3) is 0.211. The molecule has 126 valence electrons. The van der Waals surface area contributed by atoms with Crippen molar-refractivity contribution in [3.63, 3.8) is 0 Å². The molecule has 0 spiro atoms. The lowest BCUT2D eigenvalue weighted by Gasteiger charge is -2.28. The van der Waals surface area contributed by atoms with Crippen molar-refractivity contribution in [2.24, 2.45) is 7.05 Å². The highest BCUT2D eigenvalue weighted by molar-refractivity contribution is 14.1. The lowest BCUT2D eigenvalue weighted by Crippen LogP contribution is -2.31. The SMILES string of the molecule is Cn1nnc2c1-c1ccccc1CN(C(=O)CCI)c1ccccc1-2. The van der Waals surface area contributed by atoms with Crippen molar-refractivity contribution in [3.05, 3.63) is 54.1 Å². The Balaban J connectivity index is 2.02. The molecule has 2 heterocycles. The normalized spacial score (nSPS) is 12.6. The third kappa shape index (κ3) is 2.74. The van der Waals surface area contributed by atoms with E-state index in [1.54, 1.807) is 0 Å². The molecule has 1 aliphatic heterocycles. The van der Waals surface area contributed by atoms with Gasteiger partial charge in [-0.25, -0.2) is 4.68 Å². The second kappa shape index (κ2) is 6.59. The van der Waals surface area contributed by atoms with E-state index in [0.717, 1.165) is 38.2 Å². The molecule has 0 radical (unpaired) electrons. The molecule has 0 fully saturated rings. The van der Waals surface area contributed by atoms with Gasteiger partial charge in [-0.05, 0) is 11.6 Å². The number of carbonyl (C=O) groups excluding carboxylic acids is 1. The molecule has 3 aromatic rings. The maximum absolute atomic E-state index is 12.8. The minimum Gasteiger partial charge on any atom is -0.307 e. The van der Waals surface area contributed by atoms with Crippen LogP contribution in [0, 0.1) is 0 Å². The van der Waals surface area contributed by atoms with Gasteiger partial charge in [-0.2, -0.15) is 0 Å². The highest BCUT2D eigenvalue weighted by Crippen LogP contribution is 2.40. The molecule has 1 aliphatic rings. The van der Waals surface area contributed by atoms with E-state index in [9.17, 15) is 4.79 Å². The average molecular weight is 444 g/mol. The van der Waals surface area contributed by atoms with Gasteiger partial charge < -0.3 is 4.90 Å². The van der Waals surface area contributed by atoms with E-state index in [0.29, 0.717) is 13.0 Å². The molecular formula is C19H17IN4O. The minimum atomic E-state index is 0.129. The number of benzene rings is 2. The first-order valence-corrected chi connectivity index (χ1v) is 9.67. The Morgan fingerprint density at radius 2 is 1.84 bits per heavy atom. The van der Waals surface area contributed by atoms with Crippen LogP contribution < -0.4 is 4.90 Å². The van der Waals surface area contributed by atoms with Gasteiger partial charge in [0.15, 0.2) is 0 Å². The maximum atomic E-state index is 12.8. The smallest absolute Gasteiger partial charge is 0.228 e. The quantitative estimate of drug-likeness (QED) is 0.446. The van der Waals surface area contributed by atoms with Crippen molar-refractivity contribution in [1.82, 2.24) is 15.0 Å². The number of halogens is 1. The van der Waals surface area contributed by atoms with Crippen LogP contribution in [0.5, 0.6) is 0 Å². The number of amides is 1. The summed E-state index contributed by atoms with van der Waals surface area (Å²) >= 11 is 2.25. The predicted octanol–water partition coefficient (Wildman–Crippen LogP) is 3.82. The van der Waals surface area contributed by atoms with Crippen molar-refractivity contribution in [2.45, 2.75) is 13.0 Å². The fourth-order valence-corrected chi connectivity index (χ4v) is 3.79. The highest BCUT2D eigenvalue weighted by Gasteiger charge is 2.27. The molecule has 1 amide bonds. The van der Waals surface area contributed by atoms with Crippen molar-refractivity contribution < 1.29 is 4.79 Å². The summed E-state index contributed by atoms with van der Waals surface area (Å²) in [4.78, 5) is 14.7. The number of rotatable bonds is 2. The van der Waals surface area contributed by atoms with Crippen molar-refractivity contribution in [1.29, 1.82) is 0 Å². The number of hydrogen-bond donors (Lipinski definition) is 0. The lowest BCUT2D eigenvalue weighted by molar-refractivity contribution is -0.118. The van der Waals surface area contributed by atoms with Gasteiger partial charge in [0.2, 0.25) is 5.91 Å². The Morgan fingerprint density at radius 3 is 2.64 bits per heavy atom. The Morgan fingerprint density at radius 1 is 1.12 bits per heavy atom. The Bertz CT molecular complexity index is 950. The largest absolute Gasteiger partial charge is 0.307 e. The molecule has 2 aromatic carbocycles. The summed E-state index contributed by atoms with van der Waals surface area (Å²) in [6, 6.07) is 16.1. The van der Waals surface area contributed by atoms with Crippen molar-refractivity contribution in [2.75, 3.05) is 9.33 Å². The Labute approximate surface area is 159 Å². The number of hydrogen-bond acceptors (Lipinski definition) is 3. The van der Waals surface area contributed by atoms with Gasteiger partial charge in [-0.3, -0.25) is 4.79 Å². The highest BCUT2D eigenvalue weighted by atomic mass is 127. The molecule has 5 nitrogen and oxygen atoms in total. The van der Waals surface area contributed by atoms with E-state index in [-0.39, 0.29) is 5.91 Å². The molecular weight excluding hydrogens is 427 g/mol. The van der Waals surface area contributed by atoms with Gasteiger partial charge in [-0.15, -0.1) is 5.10 Å². The summed E-state index contributed by atoms with van der Waals surface area (Å²) in [6.45, 7) is 0.549. The molecule has 4 rings (SSSR count). The second-order valence-electron chi connectivity index (χ2n) is 6.00. The summed E-state index contributed by atoms with van der Waals surface area (Å²) in [6.07, 6.45) is 0.518. The van der Waals surface area contributed by atoms with Crippen LogP contribution in [-0.2, 0) is 18.4 Å². The van der Waals surface area contributed by atoms with Crippen LogP contribution in [0.1, 0.15) is 12.0 Å². The zero-order valence-corrected chi connectivity index (χ0v) is 16.0. The number of fused-ring (bicyclic) bond motifs is 5. The third-order valence-electron chi connectivity index (χ3n) is 4.49. The van der Waals surface area contributed by atoms with Crippen LogP contribution in [0.2, 0.25) is 0 Å². The third-order valence-corrected chi connectivity index (χ3v) is 5.03. The zero-order chi connectivity index (χ0) is 17.4. The van der Waals surface area contributed by atoms with E-state index in [1.165, 1.54) is 0 Å². The first kappa shape index (κ1) is 16.3. The number of para-hydroxylation sites is 1. The zero-order valence-electron chi connectivity index (χ0n) is 13.8. The van der Waals surface area contributed by atoms with Crippen LogP contribution in [0.25, 0.3) is 22.5 Å². The maximum Gasteiger partial charge on any atom is 0.228 e. The first-order chi connectivity index (χ1) is 12.2. The van der Waals surface area contributed by atoms with Crippen molar-refractivity contribution in [3.8, 4) is 22.5 Å². The van der Waals surface area contributed by atoms with Crippen LogP contribution in [0.4, 0.5) is 5.69 Å². The predicted molar refractivity (Wildman–Crippen MR) is 107 cm³/mol. The number of nitrogens with zero attached hydrogens (tertiary/aromatic N) is 4. The van der Waals surface area contributed by atoms with E-state index in [2.05, 4.69) is 45.0 Å². The van der Waals surface area contributed by atoms with Gasteiger partial charge in [0.1, 0.15) is 5.69 Å². The summed E-state index contributed by atoms with van der Waals surface area (Å²) in [5.41, 5.74) is 5.83. The monoisotopic (exact) mass is 444 g/mol. The first-order valence-electron chi connectivity index (χ1n) is 8.14. The van der Waals surface area contributed by atoms with Gasteiger partial charge in [-0.1, -0.05) is 70.3 Å². The van der Waals surface area contributed by atoms with E-state index in [1.807, 2.05) is 53.0 Å². The minimum absolute atomic E-state index is 0.129. The molecule has 25 heavy (non-hydrogen) atoms. The Kier molecular flexibility index (Phi) is 4.29. The van der Waals surface area contributed by atoms with Crippen LogP contribution in [0.15, 0.2) is 48.5 Å². The van der Waals surface area contributed by atoms with Crippen LogP contribution >= 0.6 is 22.6 Å². The van der Waals surface area contributed by atoms with Gasteiger partial charge in [0.25, 0.3) is 0 Å². The number of alkyl halides is 1. The summed E-state index contributed by atoms with van der Waals surface area (Å²) < 4.78 is 2.61. The Hall–Kier alpha value is -2.22. The number of aryl methyl sites for hydroxylation is 1. The molecule has 0 saturated carbocycles. The summed E-state index contributed by atoms with van der Waals surface area (Å²) in [5, 5.41) is 8.66. The molecule has 0 bridgehead atoms. The molecule has 1 aromatic heterocycles. The van der Waals surface area contributed by atoms with E-state index < -0.39 is 0 Å². The molecule has 6 heteroatoms. The van der Waals surface area contributed by atoms with Gasteiger partial charge in [0.05, 0.1) is 17.9 Å². The second-order valence-corrected chi connectivity index (χ2v) is 7.08. The average Bonchev–Trinajstić information content (AvgIpc) is 2.99. The standard InChI is InChI=1S/C19H17IN4O/c1-23-19-14-7-3-2-6-13(14)12-24(17(25)10-11-20)16-9-5-4-8-15(16)18(19)21-22-23/h2-9H,10-12H2,1H3. The molecule has 0 unspecified atom stereocenters. The molecule has 0 saturated heterocycles. The van der Waals surface area contributed by atoms with Crippen molar-refractivity contribution >= 4 is 34.2 Å². The fourth-order valence-electron chi connectivity index (χ4n) is 3.33. The number of anilines is 1. The topological polar surface area (TPSA) is 51.0 Å². The summed E-state index contributed by atoms with van der Waals surface area (Å²) in [7, 11) is 1.91. The van der Waals surface area contributed by atoms with Gasteiger partial charge >= 0.3 is 0 Å². The lowest BCUT2D eigenvalue weighted by atomic mass is 9.95.